The summed E-state index contributed by atoms with van der Waals surface area (Å²) in [6.07, 6.45) is 1.57. The maximum absolute atomic E-state index is 13.3. The lowest BCUT2D eigenvalue weighted by Crippen LogP contribution is -2.36. The molecule has 1 aromatic heterocycles. The molecule has 3 heterocycles. The third-order valence-corrected chi connectivity index (χ3v) is 6.64. The van der Waals surface area contributed by atoms with Gasteiger partial charge in [0.2, 0.25) is 11.7 Å². The van der Waals surface area contributed by atoms with E-state index in [1.54, 1.807) is 63.0 Å². The van der Waals surface area contributed by atoms with E-state index >= 15 is 0 Å². The van der Waals surface area contributed by atoms with Crippen LogP contribution in [0.5, 0.6) is 5.88 Å². The highest BCUT2D eigenvalue weighted by Crippen LogP contribution is 2.44. The van der Waals surface area contributed by atoms with Crippen LogP contribution in [-0.2, 0) is 14.4 Å². The van der Waals surface area contributed by atoms with Crippen LogP contribution in [0.1, 0.15) is 37.9 Å². The average molecular weight is 452 g/mol. The van der Waals surface area contributed by atoms with Gasteiger partial charge >= 0.3 is 0 Å². The van der Waals surface area contributed by atoms with Crippen LogP contribution in [0.4, 0.5) is 5.69 Å². The Bertz CT molecular complexity index is 1100. The van der Waals surface area contributed by atoms with Gasteiger partial charge in [-0.2, -0.15) is 0 Å². The third kappa shape index (κ3) is 3.83. The van der Waals surface area contributed by atoms with Crippen molar-refractivity contribution in [3.05, 3.63) is 53.7 Å². The van der Waals surface area contributed by atoms with Crippen molar-refractivity contribution in [1.82, 2.24) is 4.98 Å². The van der Waals surface area contributed by atoms with Gasteiger partial charge in [-0.15, -0.1) is 11.8 Å². The number of ether oxygens (including phenoxy) is 1. The van der Waals surface area contributed by atoms with Gasteiger partial charge in [0.15, 0.2) is 5.78 Å². The number of carbonyl (C=O) groups excluding carboxylic acids is 3. The van der Waals surface area contributed by atoms with Crippen molar-refractivity contribution in [3.8, 4) is 5.88 Å². The number of thioether (sulfide) groups is 1. The first-order chi connectivity index (χ1) is 15.2. The maximum Gasteiger partial charge on any atom is 0.295 e. The number of hydrogen-bond donors (Lipinski definition) is 0. The Morgan fingerprint density at radius 2 is 1.88 bits per heavy atom. The first-order valence-corrected chi connectivity index (χ1v) is 11.4. The Morgan fingerprint density at radius 1 is 1.16 bits per heavy atom. The highest BCUT2D eigenvalue weighted by atomic mass is 32.2. The molecule has 8 heteroatoms. The van der Waals surface area contributed by atoms with Crippen molar-refractivity contribution in [1.29, 1.82) is 0 Å². The van der Waals surface area contributed by atoms with Crippen LogP contribution in [0.3, 0.4) is 0 Å². The molecule has 2 unspecified atom stereocenters. The Morgan fingerprint density at radius 3 is 2.47 bits per heavy atom. The normalized spacial score (nSPS) is 21.1. The number of Topliss-reactive ketones (excluding diaryl/α,β-unsaturated/α-hetero) is 2. The molecule has 7 nitrogen and oxygen atoms in total. The van der Waals surface area contributed by atoms with Crippen molar-refractivity contribution in [2.45, 2.75) is 26.8 Å². The average Bonchev–Trinajstić information content (AvgIpc) is 3.40. The lowest BCUT2D eigenvalue weighted by atomic mass is 9.77. The number of nitrogens with zero attached hydrogens (tertiary/aromatic N) is 3. The fraction of sp³-hybridized carbons (Fsp3) is 0.375. The Hall–Kier alpha value is -3.00. The minimum absolute atomic E-state index is 0.282. The first-order valence-electron chi connectivity index (χ1n) is 10.4. The molecule has 1 fully saturated rings. The molecule has 0 spiro atoms. The number of rotatable bonds is 5. The minimum Gasteiger partial charge on any atom is -0.481 e. The predicted molar refractivity (Wildman–Crippen MR) is 124 cm³/mol. The smallest absolute Gasteiger partial charge is 0.295 e. The Labute approximate surface area is 191 Å². The van der Waals surface area contributed by atoms with Crippen molar-refractivity contribution >= 4 is 40.0 Å². The molecule has 2 aliphatic heterocycles. The lowest BCUT2D eigenvalue weighted by molar-refractivity contribution is -0.141. The van der Waals surface area contributed by atoms with Crippen molar-refractivity contribution in [3.63, 3.8) is 0 Å². The van der Waals surface area contributed by atoms with E-state index < -0.39 is 29.1 Å². The van der Waals surface area contributed by atoms with Crippen LogP contribution < -0.4 is 9.64 Å². The zero-order chi connectivity index (χ0) is 23.0. The zero-order valence-electron chi connectivity index (χ0n) is 18.5. The van der Waals surface area contributed by atoms with Gasteiger partial charge in [-0.1, -0.05) is 32.9 Å². The number of benzene rings is 1. The molecule has 2 atom stereocenters. The number of carbonyl (C=O) groups is 3. The second kappa shape index (κ2) is 8.50. The molecule has 0 aliphatic carbocycles. The summed E-state index contributed by atoms with van der Waals surface area (Å²) in [5.41, 5.74) is 1.23. The molecule has 0 saturated carbocycles. The molecule has 0 N–H and O–H groups in total. The number of pyridine rings is 1. The van der Waals surface area contributed by atoms with Crippen molar-refractivity contribution in [2.75, 3.05) is 24.3 Å². The van der Waals surface area contributed by atoms with E-state index in [2.05, 4.69) is 9.98 Å². The summed E-state index contributed by atoms with van der Waals surface area (Å²) in [6, 6.07) is 9.98. The first kappa shape index (κ1) is 22.2. The number of ketones is 2. The van der Waals surface area contributed by atoms with Crippen molar-refractivity contribution < 1.29 is 19.1 Å². The van der Waals surface area contributed by atoms with E-state index in [0.29, 0.717) is 11.3 Å². The Kier molecular flexibility index (Phi) is 5.90. The van der Waals surface area contributed by atoms with E-state index in [4.69, 9.17) is 4.74 Å². The molecule has 0 bridgehead atoms. The molecular weight excluding hydrogens is 426 g/mol. The largest absolute Gasteiger partial charge is 0.481 e. The second-order valence-electron chi connectivity index (χ2n) is 8.76. The molecule has 1 aromatic carbocycles. The number of methoxy groups -OCH3 is 1. The van der Waals surface area contributed by atoms with Gasteiger partial charge in [0.1, 0.15) is 5.92 Å². The molecule has 0 radical (unpaired) electrons. The second-order valence-corrected chi connectivity index (χ2v) is 9.84. The quantitative estimate of drug-likeness (QED) is 0.511. The standard InChI is InChI=1S/C24H25N3O4S/c1-24(2,3)20(29)17-18(16-6-5-11-25-21(16)31-4)27(23(30)19(17)28)15-9-7-14(8-10-15)22-26-12-13-32-22/h5-11,17-18H,12-13H2,1-4H3. The fourth-order valence-corrected chi connectivity index (χ4v) is 4.93. The zero-order valence-corrected chi connectivity index (χ0v) is 19.3. The van der Waals surface area contributed by atoms with Crippen molar-refractivity contribution in [2.24, 2.45) is 16.3 Å². The summed E-state index contributed by atoms with van der Waals surface area (Å²) < 4.78 is 5.42. The summed E-state index contributed by atoms with van der Waals surface area (Å²) >= 11 is 1.69. The molecule has 166 valence electrons. The summed E-state index contributed by atoms with van der Waals surface area (Å²) in [6.45, 7) is 6.05. The van der Waals surface area contributed by atoms with E-state index in [-0.39, 0.29) is 11.7 Å². The van der Waals surface area contributed by atoms with Crippen LogP contribution in [0.25, 0.3) is 0 Å². The molecule has 1 saturated heterocycles. The third-order valence-electron chi connectivity index (χ3n) is 5.62. The van der Waals surface area contributed by atoms with Crippen LogP contribution in [0, 0.1) is 11.3 Å². The van der Waals surface area contributed by atoms with E-state index in [0.717, 1.165) is 22.9 Å². The Balaban J connectivity index is 1.83. The van der Waals surface area contributed by atoms with Crippen LogP contribution in [-0.4, -0.2) is 46.9 Å². The highest BCUT2D eigenvalue weighted by molar-refractivity contribution is 8.14. The summed E-state index contributed by atoms with van der Waals surface area (Å²) in [5, 5.41) is 0.964. The number of anilines is 1. The van der Waals surface area contributed by atoms with E-state index in [1.807, 2.05) is 12.1 Å². The van der Waals surface area contributed by atoms with Gasteiger partial charge in [-0.3, -0.25) is 24.3 Å². The lowest BCUT2D eigenvalue weighted by Gasteiger charge is -2.30. The molecular formula is C24H25N3O4S. The predicted octanol–water partition coefficient (Wildman–Crippen LogP) is 3.47. The maximum atomic E-state index is 13.3. The monoisotopic (exact) mass is 451 g/mol. The van der Waals surface area contributed by atoms with E-state index in [1.165, 1.54) is 12.0 Å². The van der Waals surface area contributed by atoms with Gasteiger partial charge < -0.3 is 4.74 Å². The fourth-order valence-electron chi connectivity index (χ4n) is 4.07. The number of aromatic nitrogens is 1. The molecule has 4 rings (SSSR count). The number of amides is 1. The van der Waals surface area contributed by atoms with E-state index in [9.17, 15) is 14.4 Å². The topological polar surface area (TPSA) is 88.9 Å². The van der Waals surface area contributed by atoms with Crippen LogP contribution >= 0.6 is 11.8 Å². The summed E-state index contributed by atoms with van der Waals surface area (Å²) in [5.74, 6) is -1.61. The molecule has 32 heavy (non-hydrogen) atoms. The SMILES string of the molecule is COc1ncccc1C1C(C(=O)C(C)(C)C)C(=O)C(=O)N1c1ccc(C2=NCCS2)cc1. The van der Waals surface area contributed by atoms with Gasteiger partial charge in [-0.05, 0) is 24.3 Å². The molecule has 1 amide bonds. The summed E-state index contributed by atoms with van der Waals surface area (Å²) in [7, 11) is 1.48. The minimum atomic E-state index is -1.14. The summed E-state index contributed by atoms with van der Waals surface area (Å²) in [4.78, 5) is 49.8. The van der Waals surface area contributed by atoms with Crippen LogP contribution in [0.15, 0.2) is 47.6 Å². The molecule has 2 aromatic rings. The van der Waals surface area contributed by atoms with Gasteiger partial charge in [0.25, 0.3) is 5.91 Å². The highest BCUT2D eigenvalue weighted by Gasteiger charge is 2.54. The number of hydrogen-bond acceptors (Lipinski definition) is 7. The van der Waals surface area contributed by atoms with Gasteiger partial charge in [0, 0.05) is 40.7 Å². The van der Waals surface area contributed by atoms with Crippen LogP contribution in [0.2, 0.25) is 0 Å². The van der Waals surface area contributed by atoms with Gasteiger partial charge in [0.05, 0.1) is 18.2 Å². The van der Waals surface area contributed by atoms with Gasteiger partial charge in [-0.25, -0.2) is 4.98 Å². The number of aliphatic imine (C=N–C) groups is 1. The molecule has 2 aliphatic rings.